The molecule has 1 aromatic rings. The topological polar surface area (TPSA) is 490 Å². The number of hydrogen-bond donors (Lipinski definition) is 17. The molecule has 28 nitrogen and oxygen atoms in total. The first-order valence-corrected chi connectivity index (χ1v) is 32.6. The Hall–Kier alpha value is -6.85. The van der Waals surface area contributed by atoms with Gasteiger partial charge in [-0.15, -0.1) is 0 Å². The maximum absolute atomic E-state index is 14.8. The molecule has 510 valence electrons. The lowest BCUT2D eigenvalue weighted by Crippen LogP contribution is -2.61. The van der Waals surface area contributed by atoms with Crippen LogP contribution in [-0.4, -0.2) is 165 Å². The Balaban J connectivity index is 3.02. The molecule has 1 aromatic carbocycles. The van der Waals surface area contributed by atoms with Gasteiger partial charge in [-0.3, -0.25) is 52.7 Å². The number of unbranched alkanes of at least 4 members (excludes halogenated alkanes) is 6. The van der Waals surface area contributed by atoms with Gasteiger partial charge in [-0.05, 0) is 192 Å². The standard InChI is InChI=1S/C62H111N17O11/c1-39(2)36-49-60(88)74-43(23-9-15-31-64)54(82)72-47(27-13-19-35-68)58(86)79-51(38-41-20-6-5-7-21-41)62(90)75-44(24-10-16-32-65)55(83)71-46(26-12-18-34-67)57(85)78-50(37-40(3)4)61(89)76-48(28-29-52(69)80)59(87)73-42(22-8-14-30-63)53(81)70-45(56(84)77-49)25-11-17-33-66/h5-7,20-21,39-40,42-51H,8-19,22-38,63-68H2,1-4H3,(H2,69,80)(H,70,81)(H,71,83)(H,72,82)(H,73,87)(H,74,88)(H,75,90)(H,76,89)(H,77,84)(H,78,85)(H,79,86)/t42-,43-,44-,45-,46-,47-,48-,49-,50-,51-/m0/s1. The van der Waals surface area contributed by atoms with Crippen molar-refractivity contribution in [2.75, 3.05) is 39.3 Å². The molecule has 1 heterocycles. The smallest absolute Gasteiger partial charge is 0.243 e. The Morgan fingerprint density at radius 3 is 0.767 bits per heavy atom. The third-order valence-electron chi connectivity index (χ3n) is 15.4. The zero-order chi connectivity index (χ0) is 67.0. The lowest BCUT2D eigenvalue weighted by molar-refractivity contribution is -0.137. The first-order valence-electron chi connectivity index (χ1n) is 32.6. The second-order valence-corrected chi connectivity index (χ2v) is 24.3. The van der Waals surface area contributed by atoms with Gasteiger partial charge in [-0.1, -0.05) is 58.0 Å². The zero-order valence-corrected chi connectivity index (χ0v) is 53.9. The van der Waals surface area contributed by atoms with Crippen LogP contribution in [0.1, 0.15) is 175 Å². The van der Waals surface area contributed by atoms with Crippen LogP contribution in [0.2, 0.25) is 0 Å². The van der Waals surface area contributed by atoms with Gasteiger partial charge in [0.25, 0.3) is 0 Å². The van der Waals surface area contributed by atoms with Crippen LogP contribution in [-0.2, 0) is 59.2 Å². The van der Waals surface area contributed by atoms with Crippen LogP contribution in [0.4, 0.5) is 0 Å². The van der Waals surface area contributed by atoms with E-state index in [-0.39, 0.29) is 122 Å². The molecule has 0 saturated carbocycles. The summed E-state index contributed by atoms with van der Waals surface area (Å²) in [4.78, 5) is 158. The number of amides is 11. The highest BCUT2D eigenvalue weighted by atomic mass is 16.2. The molecule has 24 N–H and O–H groups in total. The van der Waals surface area contributed by atoms with Gasteiger partial charge < -0.3 is 93.3 Å². The quantitative estimate of drug-likeness (QED) is 0.0346. The van der Waals surface area contributed by atoms with Crippen molar-refractivity contribution in [1.29, 1.82) is 0 Å². The summed E-state index contributed by atoms with van der Waals surface area (Å²) in [5.74, 6) is -9.05. The second-order valence-electron chi connectivity index (χ2n) is 24.3. The normalized spacial score (nSPS) is 23.7. The van der Waals surface area contributed by atoms with Gasteiger partial charge in [0.15, 0.2) is 0 Å². The lowest BCUT2D eigenvalue weighted by Gasteiger charge is -2.30. The average Bonchev–Trinajstić information content (AvgIpc) is 2.26. The summed E-state index contributed by atoms with van der Waals surface area (Å²) in [7, 11) is 0. The van der Waals surface area contributed by atoms with E-state index in [2.05, 4.69) is 53.2 Å². The van der Waals surface area contributed by atoms with Crippen molar-refractivity contribution < 1.29 is 52.7 Å². The molecule has 2 rings (SSSR count). The SMILES string of the molecule is CC(C)C[C@@H]1NC(=O)[C@H](CCCCN)NC(=O)[C@H](CCCCN)NC(=O)[C@H](CCC(N)=O)NC(=O)[C@H](CC(C)C)NC(=O)[C@H](CCCCN)NC(=O)[C@H](CCCCN)NC(=O)[C@H](Cc2ccccc2)NC(=O)[C@H](CCCCN)NC(=O)[C@H](CCCCN)NC1=O. The van der Waals surface area contributed by atoms with Crippen LogP contribution in [0.25, 0.3) is 0 Å². The molecule has 0 bridgehead atoms. The van der Waals surface area contributed by atoms with Crippen LogP contribution in [0.15, 0.2) is 30.3 Å². The Morgan fingerprint density at radius 1 is 0.322 bits per heavy atom. The summed E-state index contributed by atoms with van der Waals surface area (Å²) >= 11 is 0. The molecule has 1 saturated heterocycles. The van der Waals surface area contributed by atoms with Gasteiger partial charge in [0.05, 0.1) is 0 Å². The average molecular weight is 1270 g/mol. The molecule has 1 fully saturated rings. The number of carbonyl (C=O) groups is 11. The summed E-state index contributed by atoms with van der Waals surface area (Å²) in [6, 6.07) is -4.43. The molecule has 10 atom stereocenters. The van der Waals surface area contributed by atoms with Gasteiger partial charge in [0.2, 0.25) is 65.0 Å². The van der Waals surface area contributed by atoms with Crippen LogP contribution < -0.4 is 93.3 Å². The molecular weight excluding hydrogens is 1160 g/mol. The summed E-state index contributed by atoms with van der Waals surface area (Å²) in [5, 5.41) is 27.8. The van der Waals surface area contributed by atoms with E-state index in [1.54, 1.807) is 44.2 Å². The number of hydrogen-bond acceptors (Lipinski definition) is 17. The van der Waals surface area contributed by atoms with Crippen molar-refractivity contribution in [2.45, 2.75) is 236 Å². The fourth-order valence-electron chi connectivity index (χ4n) is 10.3. The Kier molecular flexibility index (Phi) is 40.0. The molecule has 0 radical (unpaired) electrons. The van der Waals surface area contributed by atoms with E-state index in [0.29, 0.717) is 82.6 Å². The predicted octanol–water partition coefficient (Wildman–Crippen LogP) is -1.78. The number of carbonyl (C=O) groups excluding carboxylic acids is 11. The van der Waals surface area contributed by atoms with Gasteiger partial charge in [-0.25, -0.2) is 0 Å². The molecule has 0 unspecified atom stereocenters. The van der Waals surface area contributed by atoms with E-state index in [1.165, 1.54) is 0 Å². The van der Waals surface area contributed by atoms with Crippen LogP contribution in [0, 0.1) is 11.8 Å². The molecule has 11 amide bonds. The maximum Gasteiger partial charge on any atom is 0.243 e. The molecule has 0 aliphatic carbocycles. The Bertz CT molecular complexity index is 2370. The maximum atomic E-state index is 14.8. The zero-order valence-electron chi connectivity index (χ0n) is 53.9. The van der Waals surface area contributed by atoms with E-state index in [9.17, 15) is 52.7 Å². The van der Waals surface area contributed by atoms with Crippen molar-refractivity contribution in [1.82, 2.24) is 53.2 Å². The fourth-order valence-corrected chi connectivity index (χ4v) is 10.3. The van der Waals surface area contributed by atoms with E-state index < -0.39 is 125 Å². The number of nitrogens with two attached hydrogens (primary N) is 7. The van der Waals surface area contributed by atoms with E-state index in [4.69, 9.17) is 40.1 Å². The van der Waals surface area contributed by atoms with E-state index >= 15 is 0 Å². The Labute approximate surface area is 532 Å². The summed E-state index contributed by atoms with van der Waals surface area (Å²) in [6.45, 7) is 8.80. The Morgan fingerprint density at radius 2 is 0.533 bits per heavy atom. The van der Waals surface area contributed by atoms with Crippen LogP contribution in [0.5, 0.6) is 0 Å². The molecule has 0 spiro atoms. The highest BCUT2D eigenvalue weighted by molar-refractivity contribution is 5.99. The van der Waals surface area contributed by atoms with Crippen molar-refractivity contribution >= 4 is 65.0 Å². The second kappa shape index (κ2) is 45.4. The molecule has 0 aromatic heterocycles. The number of benzene rings is 1. The highest BCUT2D eigenvalue weighted by Crippen LogP contribution is 2.16. The third-order valence-corrected chi connectivity index (χ3v) is 15.4. The fraction of sp³-hybridized carbons (Fsp3) is 0.726. The van der Waals surface area contributed by atoms with Crippen molar-refractivity contribution in [3.8, 4) is 0 Å². The van der Waals surface area contributed by atoms with E-state index in [0.717, 1.165) is 0 Å². The predicted molar refractivity (Wildman–Crippen MR) is 344 cm³/mol. The van der Waals surface area contributed by atoms with Crippen LogP contribution >= 0.6 is 0 Å². The minimum Gasteiger partial charge on any atom is -0.370 e. The van der Waals surface area contributed by atoms with Crippen molar-refractivity contribution in [3.05, 3.63) is 35.9 Å². The first kappa shape index (κ1) is 79.2. The summed E-state index contributed by atoms with van der Waals surface area (Å²) < 4.78 is 0. The molecule has 1 aliphatic heterocycles. The van der Waals surface area contributed by atoms with E-state index in [1.807, 2.05) is 13.8 Å². The lowest BCUT2D eigenvalue weighted by atomic mass is 9.99. The third kappa shape index (κ3) is 31.7. The number of nitrogens with one attached hydrogen (secondary N) is 10. The number of rotatable bonds is 33. The van der Waals surface area contributed by atoms with Gasteiger partial charge >= 0.3 is 0 Å². The summed E-state index contributed by atoms with van der Waals surface area (Å²) in [6.07, 6.45) is 4.46. The highest BCUT2D eigenvalue weighted by Gasteiger charge is 2.37. The first-order chi connectivity index (χ1) is 43.0. The molecule has 90 heavy (non-hydrogen) atoms. The van der Waals surface area contributed by atoms with Gasteiger partial charge in [-0.2, -0.15) is 0 Å². The minimum atomic E-state index is -1.50. The minimum absolute atomic E-state index is 0.0129. The van der Waals surface area contributed by atoms with Gasteiger partial charge in [0, 0.05) is 12.8 Å². The monoisotopic (exact) mass is 1270 g/mol. The summed E-state index contributed by atoms with van der Waals surface area (Å²) in [5.41, 5.74) is 41.4. The van der Waals surface area contributed by atoms with Crippen LogP contribution in [0.3, 0.4) is 0 Å². The van der Waals surface area contributed by atoms with Crippen molar-refractivity contribution in [2.24, 2.45) is 52.0 Å². The van der Waals surface area contributed by atoms with Crippen molar-refractivity contribution in [3.63, 3.8) is 0 Å². The molecule has 1 aliphatic rings. The largest absolute Gasteiger partial charge is 0.370 e. The number of primary amides is 1. The molecular formula is C62H111N17O11. The molecule has 28 heteroatoms. The van der Waals surface area contributed by atoms with Gasteiger partial charge in [0.1, 0.15) is 60.4 Å².